The van der Waals surface area contributed by atoms with Crippen LogP contribution in [0.15, 0.2) is 35.3 Å². The molecule has 3 aliphatic heterocycles. The number of rotatable bonds is 5. The van der Waals surface area contributed by atoms with Gasteiger partial charge in [0.15, 0.2) is 24.6 Å². The topological polar surface area (TPSA) is 111 Å². The maximum absolute atomic E-state index is 13.3. The molecule has 9 nitrogen and oxygen atoms in total. The van der Waals surface area contributed by atoms with Gasteiger partial charge in [-0.3, -0.25) is 14.6 Å². The summed E-state index contributed by atoms with van der Waals surface area (Å²) >= 11 is 0. The summed E-state index contributed by atoms with van der Waals surface area (Å²) in [5.74, 6) is 0.436. The molecule has 37 heavy (non-hydrogen) atoms. The summed E-state index contributed by atoms with van der Waals surface area (Å²) in [6.07, 6.45) is 1.44. The minimum atomic E-state index is -0.635. The van der Waals surface area contributed by atoms with Crippen LogP contribution in [0.3, 0.4) is 0 Å². The average Bonchev–Trinajstić information content (AvgIpc) is 3.22. The van der Waals surface area contributed by atoms with Gasteiger partial charge in [0.2, 0.25) is 0 Å². The summed E-state index contributed by atoms with van der Waals surface area (Å²) in [6.45, 7) is 7.91. The summed E-state index contributed by atoms with van der Waals surface area (Å²) in [6, 6.07) is 8.85. The third-order valence-corrected chi connectivity index (χ3v) is 7.17. The normalized spacial score (nSPS) is 23.3. The molecule has 0 saturated carbocycles. The number of likely N-dealkylation sites (N-methyl/N-ethyl adjacent to an activating group) is 1. The van der Waals surface area contributed by atoms with Crippen molar-refractivity contribution in [2.24, 2.45) is 10.7 Å². The van der Waals surface area contributed by atoms with Gasteiger partial charge in [-0.2, -0.15) is 4.90 Å². The van der Waals surface area contributed by atoms with Crippen LogP contribution < -0.4 is 20.1 Å². The van der Waals surface area contributed by atoms with Crippen LogP contribution in [0.4, 0.5) is 10.5 Å². The molecule has 1 unspecified atom stereocenters. The number of nitrogens with zero attached hydrogens (tertiary/aromatic N) is 3. The highest BCUT2D eigenvalue weighted by Crippen LogP contribution is 2.48. The Morgan fingerprint density at radius 3 is 2.59 bits per heavy atom. The summed E-state index contributed by atoms with van der Waals surface area (Å²) < 4.78 is 11.6. The molecule has 1 saturated heterocycles. The molecule has 0 aliphatic carbocycles. The highest BCUT2D eigenvalue weighted by molar-refractivity contribution is 6.19. The number of hydrogen-bond donors (Lipinski definition) is 1. The van der Waals surface area contributed by atoms with E-state index in [2.05, 4.69) is 27.7 Å². The van der Waals surface area contributed by atoms with Gasteiger partial charge in [-0.1, -0.05) is 12.1 Å². The van der Waals surface area contributed by atoms with Gasteiger partial charge in [0.1, 0.15) is 5.60 Å². The monoisotopic (exact) mass is 505 g/mol. The number of ether oxygens (including phenoxy) is 2. The Labute approximate surface area is 216 Å². The van der Waals surface area contributed by atoms with Crippen LogP contribution in [0, 0.1) is 0 Å². The van der Waals surface area contributed by atoms with E-state index in [1.807, 2.05) is 24.3 Å². The highest BCUT2D eigenvalue weighted by Gasteiger charge is 2.51. The van der Waals surface area contributed by atoms with E-state index in [1.54, 1.807) is 20.2 Å². The van der Waals surface area contributed by atoms with Gasteiger partial charge < -0.3 is 15.2 Å². The van der Waals surface area contributed by atoms with Gasteiger partial charge in [0.05, 0.1) is 31.1 Å². The van der Waals surface area contributed by atoms with E-state index in [9.17, 15) is 14.4 Å². The van der Waals surface area contributed by atoms with Crippen molar-refractivity contribution < 1.29 is 28.3 Å². The zero-order valence-electron chi connectivity index (χ0n) is 22.2. The molecule has 0 radical (unpaired) electrons. The highest BCUT2D eigenvalue weighted by atomic mass is 16.5. The molecule has 0 bridgehead atoms. The number of nitrogens with two attached hydrogens (primary N) is 1. The van der Waals surface area contributed by atoms with Crippen LogP contribution in [-0.2, 0) is 22.4 Å². The Kier molecular flexibility index (Phi) is 5.49. The maximum Gasteiger partial charge on any atom is 0.431 e. The van der Waals surface area contributed by atoms with E-state index >= 15 is 0 Å². The third kappa shape index (κ3) is 4.17. The van der Waals surface area contributed by atoms with Crippen LogP contribution in [0.2, 0.25) is 0 Å². The number of aliphatic imine (C=N–C) groups is 1. The first-order valence-corrected chi connectivity index (χ1v) is 12.4. The Bertz CT molecular complexity index is 1390. The summed E-state index contributed by atoms with van der Waals surface area (Å²) in [4.78, 5) is 44.1. The number of benzene rings is 2. The fourth-order valence-corrected chi connectivity index (χ4v) is 5.73. The molecule has 3 heterocycles. The number of hydrogen-bond acceptors (Lipinski definition) is 6. The van der Waals surface area contributed by atoms with E-state index in [1.165, 1.54) is 0 Å². The number of primary amides is 1. The quantitative estimate of drug-likeness (QED) is 0.496. The number of imide groups is 1. The Morgan fingerprint density at radius 1 is 1.19 bits per heavy atom. The van der Waals surface area contributed by atoms with E-state index in [0.717, 1.165) is 45.0 Å². The lowest BCUT2D eigenvalue weighted by Gasteiger charge is -2.31. The lowest BCUT2D eigenvalue weighted by Crippen LogP contribution is -2.52. The molecule has 9 heteroatoms. The lowest BCUT2D eigenvalue weighted by atomic mass is 9.81. The van der Waals surface area contributed by atoms with Gasteiger partial charge in [-0.05, 0) is 57.9 Å². The molecular weight excluding hydrogens is 472 g/mol. The Morgan fingerprint density at radius 2 is 1.92 bits per heavy atom. The van der Waals surface area contributed by atoms with E-state index in [4.69, 9.17) is 20.2 Å². The Balaban J connectivity index is 1.63. The van der Waals surface area contributed by atoms with Crippen molar-refractivity contribution in [1.82, 2.24) is 0 Å². The second kappa shape index (κ2) is 8.14. The van der Waals surface area contributed by atoms with Crippen LogP contribution in [0.5, 0.6) is 11.5 Å². The summed E-state index contributed by atoms with van der Waals surface area (Å²) in [5.41, 5.74) is 9.81. The molecule has 4 amide bonds. The maximum atomic E-state index is 13.3. The first-order valence-electron chi connectivity index (χ1n) is 12.4. The number of anilines is 1. The first kappa shape index (κ1) is 25.0. The second-order valence-corrected chi connectivity index (χ2v) is 11.6. The molecule has 2 N–H and O–H groups in total. The molecule has 1 atom stereocenters. The zero-order valence-corrected chi connectivity index (χ0v) is 22.2. The van der Waals surface area contributed by atoms with Crippen molar-refractivity contribution >= 4 is 29.2 Å². The number of methoxy groups -OCH3 is 1. The van der Waals surface area contributed by atoms with Gasteiger partial charge in [0, 0.05) is 23.1 Å². The SMILES string of the molecule is COc1cc2c(c3c1OC(C)(C)C3)C(c1cccc(N3C(=O)C[N+](C)(CC(N)=O)C3=O)c1)=NC(C)(C)C2. The number of amides is 4. The fourth-order valence-electron chi connectivity index (χ4n) is 5.73. The number of quaternary nitrogens is 1. The van der Waals surface area contributed by atoms with E-state index < -0.39 is 11.9 Å². The molecule has 1 fully saturated rings. The van der Waals surface area contributed by atoms with Crippen LogP contribution in [0.1, 0.15) is 49.9 Å². The smallest absolute Gasteiger partial charge is 0.431 e. The van der Waals surface area contributed by atoms with Crippen molar-refractivity contribution in [2.45, 2.75) is 51.7 Å². The van der Waals surface area contributed by atoms with E-state index in [-0.39, 0.29) is 34.6 Å². The van der Waals surface area contributed by atoms with Crippen molar-refractivity contribution in [3.63, 3.8) is 0 Å². The molecule has 0 spiro atoms. The number of carbonyl (C=O) groups excluding carboxylic acids is 3. The van der Waals surface area contributed by atoms with Gasteiger partial charge in [0.25, 0.3) is 11.8 Å². The van der Waals surface area contributed by atoms with Crippen LogP contribution in [-0.4, -0.2) is 66.4 Å². The number of carbonyl (C=O) groups is 3. The first-order chi connectivity index (χ1) is 17.2. The largest absolute Gasteiger partial charge is 0.493 e. The Hall–Kier alpha value is -3.72. The third-order valence-electron chi connectivity index (χ3n) is 7.17. The molecule has 5 rings (SSSR count). The van der Waals surface area contributed by atoms with Gasteiger partial charge in [-0.15, -0.1) is 0 Å². The molecule has 2 aromatic carbocycles. The van der Waals surface area contributed by atoms with Gasteiger partial charge in [-0.25, -0.2) is 9.28 Å². The summed E-state index contributed by atoms with van der Waals surface area (Å²) in [7, 11) is 3.20. The van der Waals surface area contributed by atoms with Crippen molar-refractivity contribution in [3.8, 4) is 11.5 Å². The number of urea groups is 1. The van der Waals surface area contributed by atoms with Crippen molar-refractivity contribution in [3.05, 3.63) is 52.6 Å². The minimum Gasteiger partial charge on any atom is -0.493 e. The lowest BCUT2D eigenvalue weighted by molar-refractivity contribution is -0.806. The predicted octanol–water partition coefficient (Wildman–Crippen LogP) is 2.98. The standard InChI is InChI=1S/C28H32N4O5/c1-27(2)12-17-11-20(36-6)25-19(13-28(3,4)37-25)23(17)24(30-27)16-8-7-9-18(10-16)31-22(34)15-32(5,26(31)35)14-21(29)33/h7-11H,12-15H2,1-6H3,(H-,29,33)/p+1. The number of fused-ring (bicyclic) bond motifs is 3. The second-order valence-electron chi connectivity index (χ2n) is 11.6. The fraction of sp³-hybridized carbons (Fsp3) is 0.429. The molecular formula is C28H33N4O5+. The zero-order chi connectivity index (χ0) is 26.9. The van der Waals surface area contributed by atoms with Crippen molar-refractivity contribution in [1.29, 1.82) is 0 Å². The molecule has 194 valence electrons. The molecule has 3 aliphatic rings. The minimum absolute atomic E-state index is 0.122. The predicted molar refractivity (Wildman–Crippen MR) is 139 cm³/mol. The molecule has 2 aromatic rings. The van der Waals surface area contributed by atoms with Crippen LogP contribution in [0.25, 0.3) is 0 Å². The van der Waals surface area contributed by atoms with Crippen molar-refractivity contribution in [2.75, 3.05) is 32.1 Å². The summed E-state index contributed by atoms with van der Waals surface area (Å²) in [5, 5.41) is 0. The average molecular weight is 506 g/mol. The van der Waals surface area contributed by atoms with Crippen LogP contribution >= 0.6 is 0 Å². The van der Waals surface area contributed by atoms with E-state index in [0.29, 0.717) is 17.9 Å². The van der Waals surface area contributed by atoms with Gasteiger partial charge >= 0.3 is 6.03 Å². The molecule has 0 aromatic heterocycles.